The number of aromatic nitrogens is 4. The molecule has 0 unspecified atom stereocenters. The Labute approximate surface area is 236 Å². The molecule has 2 aliphatic carbocycles. The molecule has 2 fully saturated rings. The van der Waals surface area contributed by atoms with E-state index < -0.39 is 0 Å². The van der Waals surface area contributed by atoms with E-state index in [1.54, 1.807) is 11.3 Å². The SMILES string of the molecule is O=C(CCCC1CCCCC1)Cc1nnc(CCCCc2nnc(NC(=O)CCCC3CCCCC3)s2)s1. The van der Waals surface area contributed by atoms with Crippen molar-refractivity contribution in [3.8, 4) is 0 Å². The number of hydrogen-bond donors (Lipinski definition) is 1. The van der Waals surface area contributed by atoms with Crippen molar-refractivity contribution in [2.75, 3.05) is 5.32 Å². The van der Waals surface area contributed by atoms with Gasteiger partial charge in [-0.15, -0.1) is 31.7 Å². The summed E-state index contributed by atoms with van der Waals surface area (Å²) in [7, 11) is 0. The molecule has 0 aliphatic heterocycles. The van der Waals surface area contributed by atoms with Gasteiger partial charge in [-0.25, -0.2) is 0 Å². The number of nitrogens with zero attached hydrogens (tertiary/aromatic N) is 4. The molecule has 1 N–H and O–H groups in total. The van der Waals surface area contributed by atoms with Gasteiger partial charge >= 0.3 is 0 Å². The number of hydrogen-bond acceptors (Lipinski definition) is 8. The second-order valence-corrected chi connectivity index (χ2v) is 13.6. The summed E-state index contributed by atoms with van der Waals surface area (Å²) in [5, 5.41) is 23.3. The summed E-state index contributed by atoms with van der Waals surface area (Å²) in [6, 6.07) is 0. The molecule has 1 amide bonds. The normalized spacial score (nSPS) is 17.1. The summed E-state index contributed by atoms with van der Waals surface area (Å²) >= 11 is 3.06. The van der Waals surface area contributed by atoms with Crippen LogP contribution in [0.3, 0.4) is 0 Å². The minimum atomic E-state index is 0.0540. The Morgan fingerprint density at radius 2 is 1.21 bits per heavy atom. The van der Waals surface area contributed by atoms with Crippen LogP contribution in [0.4, 0.5) is 5.13 Å². The molecular weight excluding hydrogens is 514 g/mol. The van der Waals surface area contributed by atoms with Crippen molar-refractivity contribution in [1.82, 2.24) is 20.4 Å². The summed E-state index contributed by atoms with van der Waals surface area (Å²) in [6.07, 6.45) is 23.3. The van der Waals surface area contributed by atoms with Gasteiger partial charge in [0.15, 0.2) is 0 Å². The molecule has 0 atom stereocenters. The number of nitrogens with one attached hydrogen (secondary N) is 1. The molecule has 4 rings (SSSR count). The number of Topliss-reactive ketones (excluding diaryl/α,β-unsaturated/α-hetero) is 1. The Bertz CT molecular complexity index is 901. The molecule has 2 aromatic rings. The summed E-state index contributed by atoms with van der Waals surface area (Å²) < 4.78 is 0. The van der Waals surface area contributed by atoms with Gasteiger partial charge < -0.3 is 5.32 Å². The minimum Gasteiger partial charge on any atom is -0.301 e. The third-order valence-corrected chi connectivity index (χ3v) is 10.0. The van der Waals surface area contributed by atoms with Gasteiger partial charge in [0.1, 0.15) is 20.8 Å². The van der Waals surface area contributed by atoms with Gasteiger partial charge in [0.2, 0.25) is 11.0 Å². The van der Waals surface area contributed by atoms with Gasteiger partial charge in [-0.3, -0.25) is 9.59 Å². The predicted octanol–water partition coefficient (Wildman–Crippen LogP) is 7.51. The summed E-state index contributed by atoms with van der Waals surface area (Å²) in [5.74, 6) is 2.01. The van der Waals surface area contributed by atoms with Gasteiger partial charge in [0, 0.05) is 25.7 Å². The van der Waals surface area contributed by atoms with Crippen molar-refractivity contribution in [2.24, 2.45) is 11.8 Å². The quantitative estimate of drug-likeness (QED) is 0.214. The fourth-order valence-corrected chi connectivity index (χ4v) is 7.66. The first-order valence-electron chi connectivity index (χ1n) is 15.1. The van der Waals surface area contributed by atoms with Crippen LogP contribution in [0.2, 0.25) is 0 Å². The average molecular weight is 560 g/mol. The smallest absolute Gasteiger partial charge is 0.226 e. The van der Waals surface area contributed by atoms with Crippen LogP contribution >= 0.6 is 22.7 Å². The van der Waals surface area contributed by atoms with Crippen LogP contribution in [0.1, 0.15) is 131 Å². The number of amides is 1. The van der Waals surface area contributed by atoms with Crippen molar-refractivity contribution in [2.45, 2.75) is 135 Å². The molecule has 0 spiro atoms. The van der Waals surface area contributed by atoms with Crippen molar-refractivity contribution in [3.05, 3.63) is 15.0 Å². The van der Waals surface area contributed by atoms with Crippen LogP contribution in [-0.4, -0.2) is 32.1 Å². The minimum absolute atomic E-state index is 0.0540. The van der Waals surface area contributed by atoms with Crippen LogP contribution in [0, 0.1) is 11.8 Å². The van der Waals surface area contributed by atoms with Gasteiger partial charge in [0.25, 0.3) is 0 Å². The first-order chi connectivity index (χ1) is 18.6. The molecule has 210 valence electrons. The first kappa shape index (κ1) is 29.2. The molecule has 0 aromatic carbocycles. The van der Waals surface area contributed by atoms with E-state index in [2.05, 4.69) is 25.7 Å². The third kappa shape index (κ3) is 10.8. The van der Waals surface area contributed by atoms with Crippen LogP contribution < -0.4 is 5.32 Å². The van der Waals surface area contributed by atoms with Crippen LogP contribution in [0.5, 0.6) is 0 Å². The Morgan fingerprint density at radius 1 is 0.658 bits per heavy atom. The van der Waals surface area contributed by atoms with E-state index in [1.807, 2.05) is 0 Å². The fourth-order valence-electron chi connectivity index (χ4n) is 5.95. The Kier molecular flexibility index (Phi) is 12.6. The number of carbonyl (C=O) groups is 2. The topological polar surface area (TPSA) is 97.7 Å². The number of carbonyl (C=O) groups excluding carboxylic acids is 2. The van der Waals surface area contributed by atoms with Crippen LogP contribution in [-0.2, 0) is 28.9 Å². The number of ketones is 1. The summed E-state index contributed by atoms with van der Waals surface area (Å²) in [6.45, 7) is 0. The maximum absolute atomic E-state index is 12.4. The molecule has 9 heteroatoms. The molecule has 2 heterocycles. The van der Waals surface area contributed by atoms with E-state index in [-0.39, 0.29) is 5.91 Å². The lowest BCUT2D eigenvalue weighted by molar-refractivity contribution is -0.118. The highest BCUT2D eigenvalue weighted by molar-refractivity contribution is 7.15. The first-order valence-corrected chi connectivity index (χ1v) is 16.7. The van der Waals surface area contributed by atoms with Gasteiger partial charge in [-0.2, -0.15) is 0 Å². The van der Waals surface area contributed by atoms with E-state index in [1.165, 1.54) is 88.4 Å². The Morgan fingerprint density at radius 3 is 1.87 bits per heavy atom. The maximum Gasteiger partial charge on any atom is 0.226 e. The van der Waals surface area contributed by atoms with Crippen LogP contribution in [0.25, 0.3) is 0 Å². The summed E-state index contributed by atoms with van der Waals surface area (Å²) in [5.41, 5.74) is 0. The molecule has 2 aromatic heterocycles. The zero-order valence-corrected chi connectivity index (χ0v) is 24.6. The predicted molar refractivity (Wildman–Crippen MR) is 155 cm³/mol. The van der Waals surface area contributed by atoms with E-state index >= 15 is 0 Å². The third-order valence-electron chi connectivity index (χ3n) is 8.14. The largest absolute Gasteiger partial charge is 0.301 e. The van der Waals surface area contributed by atoms with Gasteiger partial charge in [-0.1, -0.05) is 82.0 Å². The van der Waals surface area contributed by atoms with Gasteiger partial charge in [-0.05, 0) is 43.9 Å². The second kappa shape index (κ2) is 16.4. The molecule has 38 heavy (non-hydrogen) atoms. The van der Waals surface area contributed by atoms with Crippen molar-refractivity contribution in [3.63, 3.8) is 0 Å². The molecule has 7 nitrogen and oxygen atoms in total. The molecule has 0 bridgehead atoms. The molecule has 2 aliphatic rings. The lowest BCUT2D eigenvalue weighted by Gasteiger charge is -2.20. The maximum atomic E-state index is 12.4. The van der Waals surface area contributed by atoms with E-state index in [9.17, 15) is 9.59 Å². The highest BCUT2D eigenvalue weighted by Crippen LogP contribution is 2.29. The fraction of sp³-hybridized carbons (Fsp3) is 0.793. The molecule has 2 saturated carbocycles. The zero-order chi connectivity index (χ0) is 26.4. The number of anilines is 1. The molecular formula is C29H45N5O2S2. The van der Waals surface area contributed by atoms with Crippen molar-refractivity contribution < 1.29 is 9.59 Å². The van der Waals surface area contributed by atoms with E-state index in [4.69, 9.17) is 0 Å². The lowest BCUT2D eigenvalue weighted by Crippen LogP contribution is -2.12. The Hall–Kier alpha value is -1.74. The van der Waals surface area contributed by atoms with Crippen molar-refractivity contribution in [1.29, 1.82) is 0 Å². The highest BCUT2D eigenvalue weighted by Gasteiger charge is 2.16. The number of aryl methyl sites for hydroxylation is 2. The highest BCUT2D eigenvalue weighted by atomic mass is 32.1. The zero-order valence-electron chi connectivity index (χ0n) is 22.9. The Balaban J connectivity index is 1.05. The monoisotopic (exact) mass is 559 g/mol. The summed E-state index contributed by atoms with van der Waals surface area (Å²) in [4.78, 5) is 24.6. The van der Waals surface area contributed by atoms with Crippen LogP contribution in [0.15, 0.2) is 0 Å². The average Bonchev–Trinajstić information content (AvgIpc) is 3.57. The molecule has 0 saturated heterocycles. The number of unbranched alkanes of at least 4 members (excludes halogenated alkanes) is 1. The standard InChI is InChI=1S/C29H45N5O2S2/c35-24(17-9-15-22-11-3-1-4-12-22)21-28-33-31-26(37-28)19-7-8-20-27-32-34-29(38-27)30-25(36)18-10-16-23-13-5-2-6-14-23/h22-23H,1-21H2,(H,30,34,36). The molecule has 0 radical (unpaired) electrons. The van der Waals surface area contributed by atoms with E-state index in [0.717, 1.165) is 65.4 Å². The second-order valence-electron chi connectivity index (χ2n) is 11.4. The van der Waals surface area contributed by atoms with Crippen molar-refractivity contribution >= 4 is 39.5 Å². The number of rotatable bonds is 16. The van der Waals surface area contributed by atoms with E-state index in [0.29, 0.717) is 30.2 Å². The lowest BCUT2D eigenvalue weighted by atomic mass is 9.85. The van der Waals surface area contributed by atoms with Gasteiger partial charge in [0.05, 0.1) is 6.42 Å².